The molecule has 1 fully saturated rings. The van der Waals surface area contributed by atoms with E-state index >= 15 is 0 Å². The first-order valence-electron chi connectivity index (χ1n) is 5.83. The molecule has 0 aromatic heterocycles. The highest BCUT2D eigenvalue weighted by Gasteiger charge is 2.32. The molecule has 0 unspecified atom stereocenters. The van der Waals surface area contributed by atoms with Crippen molar-refractivity contribution in [3.8, 4) is 0 Å². The van der Waals surface area contributed by atoms with Crippen LogP contribution in [0.4, 0.5) is 0 Å². The van der Waals surface area contributed by atoms with Crippen molar-refractivity contribution < 1.29 is 4.74 Å². The minimum atomic E-state index is 0.374. The van der Waals surface area contributed by atoms with Crippen LogP contribution in [0.3, 0.4) is 0 Å². The van der Waals surface area contributed by atoms with Crippen molar-refractivity contribution in [2.45, 2.75) is 19.3 Å². The second-order valence-corrected chi connectivity index (χ2v) is 5.74. The first kappa shape index (κ1) is 10.5. The fourth-order valence-electron chi connectivity index (χ4n) is 2.71. The molecule has 3 rings (SSSR count). The number of benzene rings is 1. The minimum Gasteiger partial charge on any atom is -0.381 e. The molecule has 2 heteroatoms. The van der Waals surface area contributed by atoms with Crippen molar-refractivity contribution >= 4 is 22.0 Å². The average molecular weight is 279 g/mol. The number of allylic oxidation sites excluding steroid dienone is 1. The number of hydrogen-bond acceptors (Lipinski definition) is 1. The van der Waals surface area contributed by atoms with Gasteiger partial charge in [-0.2, -0.15) is 0 Å². The molecule has 84 valence electrons. The van der Waals surface area contributed by atoms with Crippen LogP contribution in [0.25, 0.3) is 6.08 Å². The van der Waals surface area contributed by atoms with Gasteiger partial charge in [-0.05, 0) is 47.9 Å². The molecule has 0 radical (unpaired) electrons. The van der Waals surface area contributed by atoms with E-state index in [0.29, 0.717) is 5.41 Å². The van der Waals surface area contributed by atoms with Gasteiger partial charge >= 0.3 is 0 Å². The molecule has 1 spiro atoms. The molecule has 1 aliphatic heterocycles. The van der Waals surface area contributed by atoms with Crippen molar-refractivity contribution in [2.75, 3.05) is 13.2 Å². The topological polar surface area (TPSA) is 9.23 Å². The molecule has 0 bridgehead atoms. The summed E-state index contributed by atoms with van der Waals surface area (Å²) in [6, 6.07) is 6.60. The third kappa shape index (κ3) is 1.85. The largest absolute Gasteiger partial charge is 0.381 e. The van der Waals surface area contributed by atoms with Crippen LogP contribution in [-0.4, -0.2) is 13.2 Å². The maximum absolute atomic E-state index is 5.46. The Balaban J connectivity index is 1.94. The van der Waals surface area contributed by atoms with Gasteiger partial charge in [0, 0.05) is 17.7 Å². The smallest absolute Gasteiger partial charge is 0.0474 e. The predicted octanol–water partition coefficient (Wildman–Crippen LogP) is 3.82. The van der Waals surface area contributed by atoms with Crippen LogP contribution in [0.5, 0.6) is 0 Å². The lowest BCUT2D eigenvalue weighted by Gasteiger charge is -2.37. The molecule has 0 saturated carbocycles. The Morgan fingerprint density at radius 1 is 1.19 bits per heavy atom. The zero-order valence-corrected chi connectivity index (χ0v) is 10.8. The molecule has 1 saturated heterocycles. The van der Waals surface area contributed by atoms with Crippen molar-refractivity contribution in [3.63, 3.8) is 0 Å². The van der Waals surface area contributed by atoms with Gasteiger partial charge in [-0.3, -0.25) is 0 Å². The second kappa shape index (κ2) is 4.01. The van der Waals surface area contributed by atoms with Gasteiger partial charge in [0.25, 0.3) is 0 Å². The summed E-state index contributed by atoms with van der Waals surface area (Å²) < 4.78 is 6.63. The van der Waals surface area contributed by atoms with Crippen molar-refractivity contribution in [1.29, 1.82) is 0 Å². The van der Waals surface area contributed by atoms with E-state index in [0.717, 1.165) is 13.2 Å². The van der Waals surface area contributed by atoms with Crippen LogP contribution in [0, 0.1) is 5.41 Å². The van der Waals surface area contributed by atoms with E-state index in [4.69, 9.17) is 4.74 Å². The number of fused-ring (bicyclic) bond motifs is 1. The van der Waals surface area contributed by atoms with Gasteiger partial charge in [-0.25, -0.2) is 0 Å². The molecule has 1 heterocycles. The highest BCUT2D eigenvalue weighted by Crippen LogP contribution is 2.40. The summed E-state index contributed by atoms with van der Waals surface area (Å²) in [7, 11) is 0. The Morgan fingerprint density at radius 3 is 2.81 bits per heavy atom. The SMILES string of the molecule is Brc1ccc2c(c1)C=CC1(CCOCC1)C2. The summed E-state index contributed by atoms with van der Waals surface area (Å²) in [6.45, 7) is 1.83. The summed E-state index contributed by atoms with van der Waals surface area (Å²) in [5, 5.41) is 0. The van der Waals surface area contributed by atoms with E-state index in [2.05, 4.69) is 46.3 Å². The third-order valence-corrected chi connectivity index (χ3v) is 4.25. The van der Waals surface area contributed by atoms with E-state index in [-0.39, 0.29) is 0 Å². The summed E-state index contributed by atoms with van der Waals surface area (Å²) in [5.41, 5.74) is 3.22. The zero-order valence-electron chi connectivity index (χ0n) is 9.21. The Hall–Kier alpha value is -0.600. The summed E-state index contributed by atoms with van der Waals surface area (Å²) in [6.07, 6.45) is 8.20. The van der Waals surface area contributed by atoms with Gasteiger partial charge in [0.15, 0.2) is 0 Å². The lowest BCUT2D eigenvalue weighted by atomic mass is 9.71. The van der Waals surface area contributed by atoms with Crippen LogP contribution in [0.2, 0.25) is 0 Å². The van der Waals surface area contributed by atoms with Crippen LogP contribution < -0.4 is 0 Å². The molecule has 0 amide bonds. The van der Waals surface area contributed by atoms with E-state index < -0.39 is 0 Å². The van der Waals surface area contributed by atoms with E-state index in [1.165, 1.54) is 34.9 Å². The van der Waals surface area contributed by atoms with Crippen LogP contribution >= 0.6 is 15.9 Å². The van der Waals surface area contributed by atoms with Gasteiger partial charge in [-0.1, -0.05) is 34.1 Å². The van der Waals surface area contributed by atoms with Crippen LogP contribution in [0.1, 0.15) is 24.0 Å². The standard InChI is InChI=1S/C14H15BrO/c15-13-2-1-12-10-14(4-3-11(12)9-13)5-7-16-8-6-14/h1-4,9H,5-8,10H2. The Kier molecular flexibility index (Phi) is 2.64. The normalized spacial score (nSPS) is 22.1. The number of halogens is 1. The highest BCUT2D eigenvalue weighted by atomic mass is 79.9. The Bertz CT molecular complexity index is 430. The molecular formula is C14H15BrO. The maximum atomic E-state index is 5.46. The zero-order chi connectivity index (χ0) is 11.0. The van der Waals surface area contributed by atoms with Gasteiger partial charge in [0.05, 0.1) is 0 Å². The summed E-state index contributed by atoms with van der Waals surface area (Å²) in [4.78, 5) is 0. The van der Waals surface area contributed by atoms with Crippen LogP contribution in [0.15, 0.2) is 28.7 Å². The van der Waals surface area contributed by atoms with Gasteiger partial charge < -0.3 is 4.74 Å². The lowest BCUT2D eigenvalue weighted by molar-refractivity contribution is 0.0372. The Labute approximate surface area is 105 Å². The van der Waals surface area contributed by atoms with E-state index in [1.54, 1.807) is 0 Å². The molecule has 2 aliphatic rings. The van der Waals surface area contributed by atoms with Crippen molar-refractivity contribution in [3.05, 3.63) is 39.9 Å². The van der Waals surface area contributed by atoms with Gasteiger partial charge in [0.2, 0.25) is 0 Å². The molecular weight excluding hydrogens is 264 g/mol. The van der Waals surface area contributed by atoms with E-state index in [9.17, 15) is 0 Å². The van der Waals surface area contributed by atoms with E-state index in [1.807, 2.05) is 0 Å². The quantitative estimate of drug-likeness (QED) is 0.701. The highest BCUT2D eigenvalue weighted by molar-refractivity contribution is 9.10. The number of hydrogen-bond donors (Lipinski definition) is 0. The molecule has 16 heavy (non-hydrogen) atoms. The fraction of sp³-hybridized carbons (Fsp3) is 0.429. The molecule has 1 aliphatic carbocycles. The van der Waals surface area contributed by atoms with Crippen LogP contribution in [-0.2, 0) is 11.2 Å². The molecule has 1 aromatic rings. The van der Waals surface area contributed by atoms with Crippen molar-refractivity contribution in [1.82, 2.24) is 0 Å². The summed E-state index contributed by atoms with van der Waals surface area (Å²) >= 11 is 3.52. The monoisotopic (exact) mass is 278 g/mol. The number of ether oxygens (including phenoxy) is 1. The summed E-state index contributed by atoms with van der Waals surface area (Å²) in [5.74, 6) is 0. The molecule has 0 atom stereocenters. The van der Waals surface area contributed by atoms with Gasteiger partial charge in [-0.15, -0.1) is 0 Å². The maximum Gasteiger partial charge on any atom is 0.0474 e. The molecule has 1 aromatic carbocycles. The molecule has 1 nitrogen and oxygen atoms in total. The first-order chi connectivity index (χ1) is 7.77. The molecule has 0 N–H and O–H groups in total. The second-order valence-electron chi connectivity index (χ2n) is 4.83. The first-order valence-corrected chi connectivity index (χ1v) is 6.62. The fourth-order valence-corrected chi connectivity index (χ4v) is 3.09. The van der Waals surface area contributed by atoms with Crippen molar-refractivity contribution in [2.24, 2.45) is 5.41 Å². The minimum absolute atomic E-state index is 0.374. The third-order valence-electron chi connectivity index (χ3n) is 3.76. The Morgan fingerprint density at radius 2 is 2.00 bits per heavy atom. The number of rotatable bonds is 0. The average Bonchev–Trinajstić information content (AvgIpc) is 2.31. The van der Waals surface area contributed by atoms with Gasteiger partial charge in [0.1, 0.15) is 0 Å². The lowest BCUT2D eigenvalue weighted by Crippen LogP contribution is -2.31. The predicted molar refractivity (Wildman–Crippen MR) is 69.4 cm³/mol.